The summed E-state index contributed by atoms with van der Waals surface area (Å²) < 4.78 is 4.68. The number of esters is 1. The zero-order valence-electron chi connectivity index (χ0n) is 15.5. The summed E-state index contributed by atoms with van der Waals surface area (Å²) >= 11 is 0. The second-order valence-corrected chi connectivity index (χ2v) is 6.79. The molecule has 2 N–H and O–H groups in total. The van der Waals surface area contributed by atoms with Crippen LogP contribution >= 0.6 is 0 Å². The fourth-order valence-corrected chi connectivity index (χ4v) is 3.25. The Hall–Kier alpha value is -2.89. The summed E-state index contributed by atoms with van der Waals surface area (Å²) in [5.74, 6) is 0.193. The maximum Gasteiger partial charge on any atom is 0.337 e. The third kappa shape index (κ3) is 5.29. The van der Waals surface area contributed by atoms with E-state index in [1.165, 1.54) is 32.8 Å². The molecule has 0 aliphatic heterocycles. The average Bonchev–Trinajstić information content (AvgIpc) is 2.97. The molecular formula is C21H25N3O3. The quantitative estimate of drug-likeness (QED) is 0.615. The first-order valence-electron chi connectivity index (χ1n) is 9.38. The predicted molar refractivity (Wildman–Crippen MR) is 104 cm³/mol. The summed E-state index contributed by atoms with van der Waals surface area (Å²) in [6, 6.07) is 10.7. The summed E-state index contributed by atoms with van der Waals surface area (Å²) in [5.41, 5.74) is 1.85. The molecule has 0 atom stereocenters. The summed E-state index contributed by atoms with van der Waals surface area (Å²) in [5, 5.41) is 6.27. The van der Waals surface area contributed by atoms with Gasteiger partial charge in [-0.25, -0.2) is 9.78 Å². The number of nitrogens with zero attached hydrogens (tertiary/aromatic N) is 1. The van der Waals surface area contributed by atoms with Crippen LogP contribution in [-0.4, -0.2) is 30.0 Å². The van der Waals surface area contributed by atoms with Crippen LogP contribution in [0.5, 0.6) is 0 Å². The van der Waals surface area contributed by atoms with Crippen molar-refractivity contribution in [3.05, 3.63) is 53.7 Å². The molecule has 0 radical (unpaired) electrons. The van der Waals surface area contributed by atoms with Crippen LogP contribution in [0.15, 0.2) is 42.6 Å². The van der Waals surface area contributed by atoms with E-state index in [4.69, 9.17) is 0 Å². The number of rotatable bonds is 5. The highest BCUT2D eigenvalue weighted by molar-refractivity contribution is 5.94. The van der Waals surface area contributed by atoms with E-state index in [0.29, 0.717) is 16.9 Å². The van der Waals surface area contributed by atoms with Crippen LogP contribution in [0, 0.1) is 0 Å². The highest BCUT2D eigenvalue weighted by Crippen LogP contribution is 2.19. The van der Waals surface area contributed by atoms with Crippen molar-refractivity contribution in [3.63, 3.8) is 0 Å². The molecule has 1 aliphatic carbocycles. The minimum Gasteiger partial charge on any atom is -0.465 e. The van der Waals surface area contributed by atoms with Crippen LogP contribution in [0.4, 0.5) is 11.5 Å². The van der Waals surface area contributed by atoms with Gasteiger partial charge in [0.2, 0.25) is 0 Å². The third-order valence-electron chi connectivity index (χ3n) is 4.79. The van der Waals surface area contributed by atoms with Crippen LogP contribution in [0.3, 0.4) is 0 Å². The van der Waals surface area contributed by atoms with Gasteiger partial charge in [0.15, 0.2) is 0 Å². The zero-order chi connectivity index (χ0) is 19.1. The molecule has 6 nitrogen and oxygen atoms in total. The smallest absolute Gasteiger partial charge is 0.337 e. The highest BCUT2D eigenvalue weighted by atomic mass is 16.5. The number of hydrogen-bond acceptors (Lipinski definition) is 5. The van der Waals surface area contributed by atoms with E-state index in [9.17, 15) is 9.59 Å². The highest BCUT2D eigenvalue weighted by Gasteiger charge is 2.16. The van der Waals surface area contributed by atoms with Gasteiger partial charge in [-0.1, -0.05) is 25.7 Å². The Balaban J connectivity index is 1.58. The number of ether oxygens (including phenoxy) is 1. The Morgan fingerprint density at radius 3 is 2.22 bits per heavy atom. The molecule has 27 heavy (non-hydrogen) atoms. The Kier molecular flexibility index (Phi) is 6.41. The van der Waals surface area contributed by atoms with Gasteiger partial charge in [-0.15, -0.1) is 0 Å². The first-order valence-corrected chi connectivity index (χ1v) is 9.38. The summed E-state index contributed by atoms with van der Waals surface area (Å²) in [6.07, 6.45) is 8.57. The summed E-state index contributed by atoms with van der Waals surface area (Å²) in [6.45, 7) is 0. The van der Waals surface area contributed by atoms with Crippen molar-refractivity contribution >= 4 is 23.4 Å². The molecule has 1 heterocycles. The largest absolute Gasteiger partial charge is 0.465 e. The van der Waals surface area contributed by atoms with E-state index >= 15 is 0 Å². The molecule has 1 fully saturated rings. The predicted octanol–water partition coefficient (Wildman–Crippen LogP) is 4.06. The molecule has 0 spiro atoms. The molecule has 6 heteroatoms. The Morgan fingerprint density at radius 2 is 1.63 bits per heavy atom. The Labute approximate surface area is 159 Å². The molecule has 0 unspecified atom stereocenters. The standard InChI is InChI=1S/C21H25N3O3/c1-27-21(26)15-8-11-18(12-9-15)23-19-13-10-16(14-22-19)20(25)24-17-6-4-2-3-5-7-17/h8-14,17H,2-7H2,1H3,(H,22,23)(H,24,25). The van der Waals surface area contributed by atoms with Crippen molar-refractivity contribution < 1.29 is 14.3 Å². The number of methoxy groups -OCH3 is 1. The third-order valence-corrected chi connectivity index (χ3v) is 4.79. The van der Waals surface area contributed by atoms with E-state index in [1.807, 2.05) is 0 Å². The van der Waals surface area contributed by atoms with Gasteiger partial charge in [-0.3, -0.25) is 4.79 Å². The number of amides is 1. The Morgan fingerprint density at radius 1 is 0.963 bits per heavy atom. The summed E-state index contributed by atoms with van der Waals surface area (Å²) in [4.78, 5) is 28.2. The fourth-order valence-electron chi connectivity index (χ4n) is 3.25. The molecule has 0 bridgehead atoms. The lowest BCUT2D eigenvalue weighted by Gasteiger charge is -2.16. The van der Waals surface area contributed by atoms with E-state index in [-0.39, 0.29) is 17.9 Å². The number of benzene rings is 1. The van der Waals surface area contributed by atoms with Crippen molar-refractivity contribution in [1.29, 1.82) is 0 Å². The van der Waals surface area contributed by atoms with Crippen LogP contribution in [0.2, 0.25) is 0 Å². The zero-order valence-corrected chi connectivity index (χ0v) is 15.5. The van der Waals surface area contributed by atoms with Crippen LogP contribution < -0.4 is 10.6 Å². The van der Waals surface area contributed by atoms with Crippen molar-refractivity contribution in [3.8, 4) is 0 Å². The van der Waals surface area contributed by atoms with Crippen LogP contribution in [0.1, 0.15) is 59.2 Å². The molecule has 1 amide bonds. The lowest BCUT2D eigenvalue weighted by atomic mass is 10.1. The maximum atomic E-state index is 12.4. The van der Waals surface area contributed by atoms with Gasteiger partial charge < -0.3 is 15.4 Å². The van der Waals surface area contributed by atoms with Gasteiger partial charge in [0.1, 0.15) is 5.82 Å². The van der Waals surface area contributed by atoms with Crippen molar-refractivity contribution in [2.45, 2.75) is 44.6 Å². The van der Waals surface area contributed by atoms with E-state index < -0.39 is 0 Å². The molecule has 1 aromatic carbocycles. The van der Waals surface area contributed by atoms with E-state index in [0.717, 1.165) is 18.5 Å². The number of carbonyl (C=O) groups is 2. The van der Waals surface area contributed by atoms with Crippen LogP contribution in [-0.2, 0) is 4.74 Å². The maximum absolute atomic E-state index is 12.4. The average molecular weight is 367 g/mol. The molecule has 1 aliphatic rings. The minimum atomic E-state index is -0.372. The fraction of sp³-hybridized carbons (Fsp3) is 0.381. The van der Waals surface area contributed by atoms with E-state index in [1.54, 1.807) is 42.6 Å². The molecule has 2 aromatic rings. The second kappa shape index (κ2) is 9.16. The Bertz CT molecular complexity index is 764. The normalized spacial score (nSPS) is 14.9. The molecule has 1 saturated carbocycles. The first-order chi connectivity index (χ1) is 13.2. The van der Waals surface area contributed by atoms with Gasteiger partial charge in [0, 0.05) is 17.9 Å². The number of hydrogen-bond donors (Lipinski definition) is 2. The van der Waals surface area contributed by atoms with Gasteiger partial charge in [-0.2, -0.15) is 0 Å². The topological polar surface area (TPSA) is 80.3 Å². The first kappa shape index (κ1) is 18.9. The van der Waals surface area contributed by atoms with Crippen molar-refractivity contribution in [2.24, 2.45) is 0 Å². The number of aromatic nitrogens is 1. The van der Waals surface area contributed by atoms with Gasteiger partial charge in [0.25, 0.3) is 5.91 Å². The van der Waals surface area contributed by atoms with Gasteiger partial charge >= 0.3 is 5.97 Å². The minimum absolute atomic E-state index is 0.0663. The molecule has 142 valence electrons. The number of carbonyl (C=O) groups excluding carboxylic acids is 2. The van der Waals surface area contributed by atoms with E-state index in [2.05, 4.69) is 20.4 Å². The molecule has 3 rings (SSSR count). The SMILES string of the molecule is COC(=O)c1ccc(Nc2ccc(C(=O)NC3CCCCCC3)cn2)cc1. The van der Waals surface area contributed by atoms with Crippen molar-refractivity contribution in [2.75, 3.05) is 12.4 Å². The lowest BCUT2D eigenvalue weighted by Crippen LogP contribution is -2.34. The molecule has 0 saturated heterocycles. The monoisotopic (exact) mass is 367 g/mol. The second-order valence-electron chi connectivity index (χ2n) is 6.79. The molecular weight excluding hydrogens is 342 g/mol. The summed E-state index contributed by atoms with van der Waals surface area (Å²) in [7, 11) is 1.35. The lowest BCUT2D eigenvalue weighted by molar-refractivity contribution is 0.0600. The van der Waals surface area contributed by atoms with Crippen molar-refractivity contribution in [1.82, 2.24) is 10.3 Å². The van der Waals surface area contributed by atoms with Gasteiger partial charge in [0.05, 0.1) is 18.2 Å². The number of pyridine rings is 1. The molecule has 1 aromatic heterocycles. The van der Waals surface area contributed by atoms with Crippen LogP contribution in [0.25, 0.3) is 0 Å². The number of nitrogens with one attached hydrogen (secondary N) is 2. The number of anilines is 2. The van der Waals surface area contributed by atoms with Gasteiger partial charge in [-0.05, 0) is 49.2 Å².